The fraction of sp³-hybridized carbons (Fsp3) is 0.444. The predicted molar refractivity (Wildman–Crippen MR) is 104 cm³/mol. The number of thioether (sulfide) groups is 1. The average Bonchev–Trinajstić information content (AvgIpc) is 3.11. The Kier molecular flexibility index (Phi) is 8.24. The lowest BCUT2D eigenvalue weighted by Crippen LogP contribution is -2.37. The third-order valence-corrected chi connectivity index (χ3v) is 4.44. The van der Waals surface area contributed by atoms with Gasteiger partial charge in [0.05, 0.1) is 6.54 Å². The van der Waals surface area contributed by atoms with Crippen molar-refractivity contribution in [3.05, 3.63) is 53.9 Å². The zero-order valence-electron chi connectivity index (χ0n) is 14.5. The van der Waals surface area contributed by atoms with E-state index < -0.39 is 0 Å². The zero-order chi connectivity index (χ0) is 17.0. The summed E-state index contributed by atoms with van der Waals surface area (Å²) in [4.78, 5) is 4.30. The highest BCUT2D eigenvalue weighted by molar-refractivity contribution is 7.98. The lowest BCUT2D eigenvalue weighted by molar-refractivity contribution is 0.676. The number of aromatic nitrogens is 2. The van der Waals surface area contributed by atoms with Crippen LogP contribution in [0.25, 0.3) is 0 Å². The SMILES string of the molecule is CN=C(NCCCCSC)NCc1ccccc1Cn1cccn1. The van der Waals surface area contributed by atoms with Crippen LogP contribution in [-0.4, -0.2) is 41.3 Å². The molecular formula is C18H27N5S. The Hall–Kier alpha value is -1.95. The summed E-state index contributed by atoms with van der Waals surface area (Å²) in [5.41, 5.74) is 2.53. The van der Waals surface area contributed by atoms with Crippen LogP contribution in [0.5, 0.6) is 0 Å². The maximum absolute atomic E-state index is 4.30. The number of rotatable bonds is 9. The molecule has 0 atom stereocenters. The van der Waals surface area contributed by atoms with E-state index in [2.05, 4.69) is 51.2 Å². The Morgan fingerprint density at radius 3 is 2.71 bits per heavy atom. The van der Waals surface area contributed by atoms with Crippen molar-refractivity contribution >= 4 is 17.7 Å². The minimum atomic E-state index is 0.752. The number of hydrogen-bond donors (Lipinski definition) is 2. The van der Waals surface area contributed by atoms with Gasteiger partial charge in [-0.15, -0.1) is 0 Å². The minimum absolute atomic E-state index is 0.752. The summed E-state index contributed by atoms with van der Waals surface area (Å²) in [5, 5.41) is 11.1. The van der Waals surface area contributed by atoms with Gasteiger partial charge in [-0.05, 0) is 42.0 Å². The van der Waals surface area contributed by atoms with Gasteiger partial charge in [-0.25, -0.2) is 0 Å². The van der Waals surface area contributed by atoms with Crippen LogP contribution >= 0.6 is 11.8 Å². The molecule has 2 aromatic rings. The third-order valence-electron chi connectivity index (χ3n) is 3.75. The molecule has 0 spiro atoms. The van der Waals surface area contributed by atoms with Crippen LogP contribution in [0.4, 0.5) is 0 Å². The van der Waals surface area contributed by atoms with Gasteiger partial charge in [0.2, 0.25) is 0 Å². The van der Waals surface area contributed by atoms with Gasteiger partial charge in [-0.2, -0.15) is 16.9 Å². The van der Waals surface area contributed by atoms with Gasteiger partial charge in [0.1, 0.15) is 0 Å². The molecule has 0 saturated heterocycles. The van der Waals surface area contributed by atoms with Crippen molar-refractivity contribution < 1.29 is 0 Å². The summed E-state index contributed by atoms with van der Waals surface area (Å²) < 4.78 is 1.94. The molecule has 0 aliphatic rings. The van der Waals surface area contributed by atoms with Gasteiger partial charge in [0, 0.05) is 32.5 Å². The van der Waals surface area contributed by atoms with Crippen molar-refractivity contribution in [2.75, 3.05) is 25.6 Å². The standard InChI is InChI=1S/C18H27N5S/c1-19-18(20-10-5-6-13-24-2)21-14-16-8-3-4-9-17(16)15-23-12-7-11-22-23/h3-4,7-9,11-12H,5-6,10,13-15H2,1-2H3,(H2,19,20,21). The average molecular weight is 346 g/mol. The molecule has 1 heterocycles. The molecule has 1 aromatic heterocycles. The smallest absolute Gasteiger partial charge is 0.191 e. The molecule has 2 N–H and O–H groups in total. The summed E-state index contributed by atoms with van der Waals surface area (Å²) in [6.45, 7) is 2.49. The summed E-state index contributed by atoms with van der Waals surface area (Å²) in [6, 6.07) is 10.4. The number of guanidine groups is 1. The fourth-order valence-electron chi connectivity index (χ4n) is 2.43. The lowest BCUT2D eigenvalue weighted by Gasteiger charge is -2.14. The molecule has 0 aliphatic carbocycles. The van der Waals surface area contributed by atoms with E-state index in [1.165, 1.54) is 23.3 Å². The van der Waals surface area contributed by atoms with E-state index in [9.17, 15) is 0 Å². The molecule has 0 bridgehead atoms. The van der Waals surface area contributed by atoms with Crippen molar-refractivity contribution in [1.82, 2.24) is 20.4 Å². The van der Waals surface area contributed by atoms with Crippen molar-refractivity contribution in [2.24, 2.45) is 4.99 Å². The van der Waals surface area contributed by atoms with Gasteiger partial charge >= 0.3 is 0 Å². The van der Waals surface area contributed by atoms with Crippen LogP contribution in [0.3, 0.4) is 0 Å². The number of unbranched alkanes of at least 4 members (excludes halogenated alkanes) is 1. The van der Waals surface area contributed by atoms with Crippen LogP contribution in [0.2, 0.25) is 0 Å². The second kappa shape index (κ2) is 10.8. The van der Waals surface area contributed by atoms with Crippen LogP contribution in [0.1, 0.15) is 24.0 Å². The highest BCUT2D eigenvalue weighted by atomic mass is 32.2. The predicted octanol–water partition coefficient (Wildman–Crippen LogP) is 2.74. The van der Waals surface area contributed by atoms with Gasteiger partial charge in [-0.1, -0.05) is 24.3 Å². The highest BCUT2D eigenvalue weighted by Gasteiger charge is 2.04. The lowest BCUT2D eigenvalue weighted by atomic mass is 10.1. The van der Waals surface area contributed by atoms with E-state index in [1.54, 1.807) is 0 Å². The van der Waals surface area contributed by atoms with Crippen LogP contribution in [-0.2, 0) is 13.1 Å². The number of hydrogen-bond acceptors (Lipinski definition) is 3. The van der Waals surface area contributed by atoms with Crippen molar-refractivity contribution in [2.45, 2.75) is 25.9 Å². The second-order valence-corrected chi connectivity index (χ2v) is 6.51. The molecule has 24 heavy (non-hydrogen) atoms. The zero-order valence-corrected chi connectivity index (χ0v) is 15.4. The number of benzene rings is 1. The van der Waals surface area contributed by atoms with Crippen LogP contribution in [0.15, 0.2) is 47.7 Å². The normalized spacial score (nSPS) is 11.5. The van der Waals surface area contributed by atoms with Gasteiger partial charge in [0.25, 0.3) is 0 Å². The first-order valence-electron chi connectivity index (χ1n) is 8.31. The molecule has 0 radical (unpaired) electrons. The Balaban J connectivity index is 1.84. The maximum atomic E-state index is 4.30. The largest absolute Gasteiger partial charge is 0.356 e. The number of nitrogens with zero attached hydrogens (tertiary/aromatic N) is 3. The molecular weight excluding hydrogens is 318 g/mol. The number of nitrogens with one attached hydrogen (secondary N) is 2. The van der Waals surface area contributed by atoms with Gasteiger partial charge < -0.3 is 10.6 Å². The monoisotopic (exact) mass is 345 g/mol. The molecule has 1 aromatic carbocycles. The molecule has 0 saturated carbocycles. The Morgan fingerprint density at radius 1 is 1.17 bits per heavy atom. The molecule has 0 unspecified atom stereocenters. The molecule has 130 valence electrons. The van der Waals surface area contributed by atoms with Crippen LogP contribution in [0, 0.1) is 0 Å². The highest BCUT2D eigenvalue weighted by Crippen LogP contribution is 2.10. The van der Waals surface area contributed by atoms with Crippen molar-refractivity contribution in [1.29, 1.82) is 0 Å². The molecule has 2 rings (SSSR count). The summed E-state index contributed by atoms with van der Waals surface area (Å²) in [7, 11) is 1.81. The maximum Gasteiger partial charge on any atom is 0.191 e. The fourth-order valence-corrected chi connectivity index (χ4v) is 2.92. The van der Waals surface area contributed by atoms with E-state index in [0.717, 1.165) is 32.0 Å². The van der Waals surface area contributed by atoms with Gasteiger partial charge in [0.15, 0.2) is 5.96 Å². The molecule has 0 fully saturated rings. The molecule has 5 nitrogen and oxygen atoms in total. The Bertz CT molecular complexity index is 610. The Labute approximate surface area is 148 Å². The number of aliphatic imine (C=N–C) groups is 1. The first kappa shape index (κ1) is 18.4. The van der Waals surface area contributed by atoms with E-state index in [1.807, 2.05) is 42.0 Å². The first-order valence-corrected chi connectivity index (χ1v) is 9.70. The van der Waals surface area contributed by atoms with E-state index >= 15 is 0 Å². The minimum Gasteiger partial charge on any atom is -0.356 e. The van der Waals surface area contributed by atoms with Crippen molar-refractivity contribution in [3.8, 4) is 0 Å². The van der Waals surface area contributed by atoms with Crippen molar-refractivity contribution in [3.63, 3.8) is 0 Å². The van der Waals surface area contributed by atoms with Gasteiger partial charge in [-0.3, -0.25) is 9.67 Å². The molecule has 0 aliphatic heterocycles. The Morgan fingerprint density at radius 2 is 2.00 bits per heavy atom. The van der Waals surface area contributed by atoms with E-state index in [0.29, 0.717) is 0 Å². The second-order valence-electron chi connectivity index (χ2n) is 5.52. The van der Waals surface area contributed by atoms with E-state index in [4.69, 9.17) is 0 Å². The summed E-state index contributed by atoms with van der Waals surface area (Å²) in [5.74, 6) is 2.07. The van der Waals surface area contributed by atoms with E-state index in [-0.39, 0.29) is 0 Å². The summed E-state index contributed by atoms with van der Waals surface area (Å²) >= 11 is 1.90. The third kappa shape index (κ3) is 6.28. The first-order chi connectivity index (χ1) is 11.8. The molecule has 6 heteroatoms. The van der Waals surface area contributed by atoms with Crippen LogP contribution < -0.4 is 10.6 Å². The summed E-state index contributed by atoms with van der Waals surface area (Å²) in [6.07, 6.45) is 8.34. The molecule has 0 amide bonds. The topological polar surface area (TPSA) is 54.2 Å². The quantitative estimate of drug-likeness (QED) is 0.417.